The number of ether oxygens (including phenoxy) is 1. The highest BCUT2D eigenvalue weighted by Gasteiger charge is 2.22. The Hall–Kier alpha value is -3.82. The largest absolute Gasteiger partial charge is 0.606 e. The van der Waals surface area contributed by atoms with Gasteiger partial charge in [-0.1, -0.05) is 36.4 Å². The number of para-hydroxylation sites is 1. The Bertz CT molecular complexity index is 1230. The maximum absolute atomic E-state index is 13.0. The molecule has 1 unspecified atom stereocenters. The second-order valence-corrected chi connectivity index (χ2v) is 7.90. The SMILES string of the molecule is COC(=O)Nc1nc2cc([S+]([O-])c3ccccc3)ccc2n1C(=O)Nc1ccccc1. The molecule has 4 rings (SSSR count). The van der Waals surface area contributed by atoms with Crippen molar-refractivity contribution in [1.82, 2.24) is 9.55 Å². The molecule has 0 radical (unpaired) electrons. The molecule has 0 saturated heterocycles. The molecule has 2 N–H and O–H groups in total. The van der Waals surface area contributed by atoms with Crippen molar-refractivity contribution in [1.29, 1.82) is 0 Å². The van der Waals surface area contributed by atoms with Gasteiger partial charge in [0.2, 0.25) is 5.95 Å². The van der Waals surface area contributed by atoms with E-state index < -0.39 is 23.3 Å². The van der Waals surface area contributed by atoms with Crippen LogP contribution in [0.5, 0.6) is 0 Å². The number of carbonyl (C=O) groups is 2. The van der Waals surface area contributed by atoms with E-state index in [1.54, 1.807) is 54.6 Å². The zero-order valence-corrected chi connectivity index (χ0v) is 17.3. The van der Waals surface area contributed by atoms with Crippen molar-refractivity contribution in [2.24, 2.45) is 0 Å². The molecule has 0 aliphatic heterocycles. The number of hydrogen-bond donors (Lipinski definition) is 2. The lowest BCUT2D eigenvalue weighted by atomic mass is 10.3. The van der Waals surface area contributed by atoms with Crippen LogP contribution in [0.15, 0.2) is 88.7 Å². The molecule has 0 aliphatic rings. The molecule has 9 heteroatoms. The fourth-order valence-corrected chi connectivity index (χ4v) is 4.07. The van der Waals surface area contributed by atoms with Crippen LogP contribution in [-0.2, 0) is 15.9 Å². The Morgan fingerprint density at radius 1 is 0.935 bits per heavy atom. The molecule has 156 valence electrons. The van der Waals surface area contributed by atoms with E-state index in [1.807, 2.05) is 24.3 Å². The molecular formula is C22H18N4O4S. The molecule has 4 aromatic rings. The van der Waals surface area contributed by atoms with Gasteiger partial charge in [-0.3, -0.25) is 5.32 Å². The average molecular weight is 434 g/mol. The summed E-state index contributed by atoms with van der Waals surface area (Å²) >= 11 is -1.42. The maximum atomic E-state index is 13.0. The van der Waals surface area contributed by atoms with Crippen molar-refractivity contribution in [3.8, 4) is 0 Å². The predicted molar refractivity (Wildman–Crippen MR) is 118 cm³/mol. The summed E-state index contributed by atoms with van der Waals surface area (Å²) in [6.45, 7) is 0. The van der Waals surface area contributed by atoms with E-state index in [-0.39, 0.29) is 5.95 Å². The summed E-state index contributed by atoms with van der Waals surface area (Å²) in [5, 5.41) is 5.21. The minimum atomic E-state index is -1.42. The molecule has 0 spiro atoms. The van der Waals surface area contributed by atoms with Crippen LogP contribution in [0.3, 0.4) is 0 Å². The number of benzene rings is 3. The Morgan fingerprint density at radius 2 is 1.61 bits per heavy atom. The number of nitrogens with one attached hydrogen (secondary N) is 2. The normalized spacial score (nSPS) is 11.7. The number of methoxy groups -OCH3 is 1. The summed E-state index contributed by atoms with van der Waals surface area (Å²) in [6.07, 6.45) is -0.767. The Balaban J connectivity index is 1.75. The zero-order chi connectivity index (χ0) is 21.8. The van der Waals surface area contributed by atoms with Crippen LogP contribution in [0, 0.1) is 0 Å². The van der Waals surface area contributed by atoms with Gasteiger partial charge in [-0.15, -0.1) is 0 Å². The quantitative estimate of drug-likeness (QED) is 0.461. The van der Waals surface area contributed by atoms with Gasteiger partial charge in [-0.25, -0.2) is 19.1 Å². The van der Waals surface area contributed by atoms with E-state index in [1.165, 1.54) is 11.7 Å². The average Bonchev–Trinajstić information content (AvgIpc) is 3.16. The van der Waals surface area contributed by atoms with Gasteiger partial charge in [-0.2, -0.15) is 0 Å². The topological polar surface area (TPSA) is 108 Å². The van der Waals surface area contributed by atoms with E-state index in [9.17, 15) is 14.1 Å². The number of rotatable bonds is 4. The molecule has 8 nitrogen and oxygen atoms in total. The fraction of sp³-hybridized carbons (Fsp3) is 0.0455. The van der Waals surface area contributed by atoms with Crippen LogP contribution in [0.4, 0.5) is 21.2 Å². The van der Waals surface area contributed by atoms with Crippen LogP contribution in [0.25, 0.3) is 11.0 Å². The summed E-state index contributed by atoms with van der Waals surface area (Å²) in [6, 6.07) is 22.4. The number of imidazole rings is 1. The lowest BCUT2D eigenvalue weighted by Crippen LogP contribution is -2.23. The van der Waals surface area contributed by atoms with Gasteiger partial charge in [-0.05, 0) is 36.4 Å². The molecule has 1 atom stereocenters. The second kappa shape index (κ2) is 8.90. The van der Waals surface area contributed by atoms with Gasteiger partial charge in [0, 0.05) is 22.9 Å². The van der Waals surface area contributed by atoms with Gasteiger partial charge in [0.1, 0.15) is 0 Å². The van der Waals surface area contributed by atoms with E-state index in [2.05, 4.69) is 20.4 Å². The fourth-order valence-electron chi connectivity index (χ4n) is 2.99. The molecule has 31 heavy (non-hydrogen) atoms. The molecule has 0 aliphatic carbocycles. The molecular weight excluding hydrogens is 416 g/mol. The monoisotopic (exact) mass is 434 g/mol. The Kier molecular flexibility index (Phi) is 5.87. The number of hydrogen-bond acceptors (Lipinski definition) is 5. The molecule has 2 amide bonds. The number of anilines is 2. The first-order valence-corrected chi connectivity index (χ1v) is 10.4. The number of fused-ring (bicyclic) bond motifs is 1. The number of carbonyl (C=O) groups excluding carboxylic acids is 2. The first-order chi connectivity index (χ1) is 15.1. The highest BCUT2D eigenvalue weighted by atomic mass is 32.2. The Labute approximate surface area is 181 Å². The summed E-state index contributed by atoms with van der Waals surface area (Å²) in [5.74, 6) is -0.0158. The van der Waals surface area contributed by atoms with Crippen LogP contribution in [0.1, 0.15) is 0 Å². The van der Waals surface area contributed by atoms with E-state index in [0.29, 0.717) is 26.5 Å². The standard InChI is InChI=1S/C22H18N4O4S/c1-30-22(28)25-20-24-18-14-17(31(29)16-10-6-3-7-11-16)12-13-19(18)26(20)21(27)23-15-8-4-2-5-9-15/h2-14H,1H3,(H,23,27)(H,24,25,28). The smallest absolute Gasteiger partial charge is 0.413 e. The van der Waals surface area contributed by atoms with Crippen LogP contribution in [0.2, 0.25) is 0 Å². The minimum Gasteiger partial charge on any atom is -0.606 e. The van der Waals surface area contributed by atoms with Crippen LogP contribution in [-0.4, -0.2) is 33.3 Å². The molecule has 1 heterocycles. The van der Waals surface area contributed by atoms with Gasteiger partial charge in [0.25, 0.3) is 0 Å². The lowest BCUT2D eigenvalue weighted by Gasteiger charge is -2.11. The number of nitrogens with zero attached hydrogens (tertiary/aromatic N) is 2. The highest BCUT2D eigenvalue weighted by molar-refractivity contribution is 7.91. The van der Waals surface area contributed by atoms with Gasteiger partial charge < -0.3 is 14.6 Å². The van der Waals surface area contributed by atoms with Crippen molar-refractivity contribution < 1.29 is 18.9 Å². The van der Waals surface area contributed by atoms with E-state index in [4.69, 9.17) is 0 Å². The van der Waals surface area contributed by atoms with Crippen molar-refractivity contribution in [2.45, 2.75) is 9.79 Å². The van der Waals surface area contributed by atoms with Crippen molar-refractivity contribution in [2.75, 3.05) is 17.7 Å². The number of aromatic nitrogens is 2. The first kappa shape index (κ1) is 20.5. The second-order valence-electron chi connectivity index (χ2n) is 6.42. The minimum absolute atomic E-state index is 0.0158. The van der Waals surface area contributed by atoms with Gasteiger partial charge in [0.05, 0.1) is 18.1 Å². The summed E-state index contributed by atoms with van der Waals surface area (Å²) in [7, 11) is 1.22. The van der Waals surface area contributed by atoms with Crippen LogP contribution >= 0.6 is 0 Å². The van der Waals surface area contributed by atoms with Gasteiger partial charge in [0.15, 0.2) is 9.79 Å². The van der Waals surface area contributed by atoms with Crippen molar-refractivity contribution >= 4 is 46.0 Å². The lowest BCUT2D eigenvalue weighted by molar-refractivity contribution is 0.186. The molecule has 0 saturated carbocycles. The maximum Gasteiger partial charge on any atom is 0.413 e. The summed E-state index contributed by atoms with van der Waals surface area (Å²) in [5.41, 5.74) is 1.42. The third-order valence-corrected chi connectivity index (χ3v) is 5.81. The van der Waals surface area contributed by atoms with Gasteiger partial charge >= 0.3 is 12.1 Å². The van der Waals surface area contributed by atoms with Crippen LogP contribution < -0.4 is 10.6 Å². The summed E-state index contributed by atoms with van der Waals surface area (Å²) in [4.78, 5) is 30.3. The van der Waals surface area contributed by atoms with Crippen molar-refractivity contribution in [3.63, 3.8) is 0 Å². The van der Waals surface area contributed by atoms with E-state index >= 15 is 0 Å². The van der Waals surface area contributed by atoms with E-state index in [0.717, 1.165) is 0 Å². The molecule has 0 bridgehead atoms. The number of amides is 2. The van der Waals surface area contributed by atoms with Crippen molar-refractivity contribution in [3.05, 3.63) is 78.9 Å². The molecule has 3 aromatic carbocycles. The first-order valence-electron chi connectivity index (χ1n) is 9.27. The Morgan fingerprint density at radius 3 is 2.29 bits per heavy atom. The third kappa shape index (κ3) is 4.37. The molecule has 1 aromatic heterocycles. The summed E-state index contributed by atoms with van der Waals surface area (Å²) < 4.78 is 18.8. The molecule has 0 fully saturated rings. The zero-order valence-electron chi connectivity index (χ0n) is 16.4. The third-order valence-electron chi connectivity index (χ3n) is 4.42. The highest BCUT2D eigenvalue weighted by Crippen LogP contribution is 2.27. The predicted octanol–water partition coefficient (Wildman–Crippen LogP) is 4.46.